The molecule has 1 aliphatic rings. The van der Waals surface area contributed by atoms with Crippen LogP contribution in [0.2, 0.25) is 0 Å². The smallest absolute Gasteiger partial charge is 0.234 e. The molecule has 128 valence electrons. The number of hydrogen-bond donors (Lipinski definition) is 1. The van der Waals surface area contributed by atoms with Crippen LogP contribution in [0.4, 0.5) is 5.69 Å². The number of nitrogens with one attached hydrogen (secondary N) is 1. The van der Waals surface area contributed by atoms with E-state index in [1.54, 1.807) is 0 Å². The molecule has 1 aromatic carbocycles. The van der Waals surface area contributed by atoms with E-state index in [9.17, 15) is 4.79 Å². The molecule has 0 radical (unpaired) electrons. The van der Waals surface area contributed by atoms with Crippen LogP contribution in [-0.2, 0) is 11.3 Å². The summed E-state index contributed by atoms with van der Waals surface area (Å²) < 4.78 is 3.88. The number of piperazine rings is 1. The zero-order valence-electron chi connectivity index (χ0n) is 14.2. The van der Waals surface area contributed by atoms with Crippen molar-refractivity contribution in [3.05, 3.63) is 40.4 Å². The molecule has 1 amide bonds. The molecule has 0 atom stereocenters. The molecule has 0 unspecified atom stereocenters. The maximum Gasteiger partial charge on any atom is 0.234 e. The predicted octanol–water partition coefficient (Wildman–Crippen LogP) is 1.59. The molecule has 1 saturated heterocycles. The van der Waals surface area contributed by atoms with E-state index in [1.807, 2.05) is 6.92 Å². The summed E-state index contributed by atoms with van der Waals surface area (Å²) in [5, 5.41) is 6.91. The zero-order valence-corrected chi connectivity index (χ0v) is 15.0. The summed E-state index contributed by atoms with van der Waals surface area (Å²) in [6.07, 6.45) is 0. The molecule has 2 heterocycles. The van der Waals surface area contributed by atoms with E-state index in [4.69, 9.17) is 0 Å². The predicted molar refractivity (Wildman–Crippen MR) is 96.3 cm³/mol. The number of hydrogen-bond acceptors (Lipinski definition) is 6. The van der Waals surface area contributed by atoms with Gasteiger partial charge < -0.3 is 10.2 Å². The van der Waals surface area contributed by atoms with E-state index in [0.29, 0.717) is 13.1 Å². The number of aryl methyl sites for hydroxylation is 2. The van der Waals surface area contributed by atoms with E-state index in [-0.39, 0.29) is 5.91 Å². The minimum Gasteiger partial charge on any atom is -0.369 e. The van der Waals surface area contributed by atoms with E-state index in [0.717, 1.165) is 36.8 Å². The number of carbonyl (C=O) groups is 1. The van der Waals surface area contributed by atoms with Crippen molar-refractivity contribution >= 4 is 23.1 Å². The van der Waals surface area contributed by atoms with Crippen LogP contribution in [0.1, 0.15) is 16.1 Å². The molecule has 1 aliphatic heterocycles. The van der Waals surface area contributed by atoms with Gasteiger partial charge in [-0.25, -0.2) is 0 Å². The average molecular weight is 345 g/mol. The average Bonchev–Trinajstić information content (AvgIpc) is 2.99. The van der Waals surface area contributed by atoms with Gasteiger partial charge in [0, 0.05) is 31.9 Å². The molecule has 6 nitrogen and oxygen atoms in total. The number of amides is 1. The molecule has 7 heteroatoms. The number of benzene rings is 1. The van der Waals surface area contributed by atoms with Gasteiger partial charge in [0.1, 0.15) is 0 Å². The molecule has 2 aromatic rings. The van der Waals surface area contributed by atoms with Gasteiger partial charge in [0.05, 0.1) is 23.7 Å². The lowest BCUT2D eigenvalue weighted by atomic mass is 10.2. The SMILES string of the molecule is Cc1cccc(N2CCN(CC(=O)NCc3snnc3C)CC2)c1. The highest BCUT2D eigenvalue weighted by Gasteiger charge is 2.19. The lowest BCUT2D eigenvalue weighted by Crippen LogP contribution is -2.49. The molecule has 3 rings (SSSR count). The number of anilines is 1. The van der Waals surface area contributed by atoms with Crippen LogP contribution in [0.15, 0.2) is 24.3 Å². The summed E-state index contributed by atoms with van der Waals surface area (Å²) in [5.74, 6) is 0.0619. The van der Waals surface area contributed by atoms with Crippen LogP contribution < -0.4 is 10.2 Å². The fourth-order valence-electron chi connectivity index (χ4n) is 2.84. The van der Waals surface area contributed by atoms with Crippen molar-refractivity contribution in [2.75, 3.05) is 37.6 Å². The highest BCUT2D eigenvalue weighted by molar-refractivity contribution is 7.05. The largest absolute Gasteiger partial charge is 0.369 e. The first-order valence-electron chi connectivity index (χ1n) is 8.20. The maximum atomic E-state index is 12.1. The molecule has 1 aromatic heterocycles. The second-order valence-electron chi connectivity index (χ2n) is 6.16. The monoisotopic (exact) mass is 345 g/mol. The van der Waals surface area contributed by atoms with Gasteiger partial charge in [-0.3, -0.25) is 9.69 Å². The topological polar surface area (TPSA) is 61.4 Å². The quantitative estimate of drug-likeness (QED) is 0.892. The van der Waals surface area contributed by atoms with Crippen molar-refractivity contribution < 1.29 is 4.79 Å². The van der Waals surface area contributed by atoms with Crippen LogP contribution in [0, 0.1) is 13.8 Å². The van der Waals surface area contributed by atoms with Crippen molar-refractivity contribution in [3.63, 3.8) is 0 Å². The Balaban J connectivity index is 1.43. The molecular formula is C17H23N5OS. The first-order chi connectivity index (χ1) is 11.6. The molecule has 24 heavy (non-hydrogen) atoms. The van der Waals surface area contributed by atoms with Gasteiger partial charge in [-0.1, -0.05) is 16.6 Å². The third-order valence-electron chi connectivity index (χ3n) is 4.30. The lowest BCUT2D eigenvalue weighted by molar-refractivity contribution is -0.122. The van der Waals surface area contributed by atoms with Crippen LogP contribution in [0.3, 0.4) is 0 Å². The summed E-state index contributed by atoms with van der Waals surface area (Å²) in [4.78, 5) is 17.7. The third kappa shape index (κ3) is 4.30. The summed E-state index contributed by atoms with van der Waals surface area (Å²) >= 11 is 1.34. The van der Waals surface area contributed by atoms with Crippen LogP contribution >= 0.6 is 11.5 Å². The second-order valence-corrected chi connectivity index (χ2v) is 7.00. The van der Waals surface area contributed by atoms with Gasteiger partial charge in [-0.15, -0.1) is 5.10 Å². The Morgan fingerprint density at radius 1 is 1.25 bits per heavy atom. The highest BCUT2D eigenvalue weighted by Crippen LogP contribution is 2.17. The van der Waals surface area contributed by atoms with Gasteiger partial charge in [0.2, 0.25) is 5.91 Å². The fraction of sp³-hybridized carbons (Fsp3) is 0.471. The Bertz CT molecular complexity index is 694. The van der Waals surface area contributed by atoms with Crippen LogP contribution in [-0.4, -0.2) is 53.1 Å². The summed E-state index contributed by atoms with van der Waals surface area (Å²) in [5.41, 5.74) is 3.45. The minimum atomic E-state index is 0.0619. The highest BCUT2D eigenvalue weighted by atomic mass is 32.1. The second kappa shape index (κ2) is 7.72. The van der Waals surface area contributed by atoms with Crippen molar-refractivity contribution in [2.45, 2.75) is 20.4 Å². The van der Waals surface area contributed by atoms with Gasteiger partial charge in [-0.05, 0) is 43.1 Å². The Kier molecular flexibility index (Phi) is 5.42. The molecule has 0 bridgehead atoms. The Morgan fingerprint density at radius 3 is 2.71 bits per heavy atom. The van der Waals surface area contributed by atoms with Crippen molar-refractivity contribution in [3.8, 4) is 0 Å². The molecule has 0 spiro atoms. The molecule has 0 saturated carbocycles. The normalized spacial score (nSPS) is 15.5. The Hall–Kier alpha value is -1.99. The van der Waals surface area contributed by atoms with Gasteiger partial charge in [-0.2, -0.15) is 0 Å². The van der Waals surface area contributed by atoms with Crippen molar-refractivity contribution in [1.82, 2.24) is 19.8 Å². The number of carbonyl (C=O) groups excluding carboxylic acids is 1. The first-order valence-corrected chi connectivity index (χ1v) is 8.97. The molecule has 1 fully saturated rings. The van der Waals surface area contributed by atoms with Crippen molar-refractivity contribution in [1.29, 1.82) is 0 Å². The van der Waals surface area contributed by atoms with Gasteiger partial charge in [0.25, 0.3) is 0 Å². The zero-order chi connectivity index (χ0) is 16.9. The van der Waals surface area contributed by atoms with Crippen LogP contribution in [0.25, 0.3) is 0 Å². The van der Waals surface area contributed by atoms with Gasteiger partial charge in [0.15, 0.2) is 0 Å². The molecule has 0 aliphatic carbocycles. The lowest BCUT2D eigenvalue weighted by Gasteiger charge is -2.35. The van der Waals surface area contributed by atoms with E-state index < -0.39 is 0 Å². The first kappa shape index (κ1) is 16.9. The van der Waals surface area contributed by atoms with E-state index in [2.05, 4.69) is 55.9 Å². The fourth-order valence-corrected chi connectivity index (χ4v) is 3.41. The Labute approximate surface area is 146 Å². The number of aromatic nitrogens is 2. The van der Waals surface area contributed by atoms with E-state index >= 15 is 0 Å². The molecular weight excluding hydrogens is 322 g/mol. The Morgan fingerprint density at radius 2 is 2.04 bits per heavy atom. The minimum absolute atomic E-state index is 0.0619. The van der Waals surface area contributed by atoms with Crippen LogP contribution in [0.5, 0.6) is 0 Å². The standard InChI is InChI=1S/C17H23N5OS/c1-13-4-3-5-15(10-13)22-8-6-21(7-9-22)12-17(23)18-11-16-14(2)19-20-24-16/h3-5,10H,6-9,11-12H2,1-2H3,(H,18,23). The van der Waals surface area contributed by atoms with Crippen molar-refractivity contribution in [2.24, 2.45) is 0 Å². The summed E-state index contributed by atoms with van der Waals surface area (Å²) in [6, 6.07) is 8.58. The summed E-state index contributed by atoms with van der Waals surface area (Å²) in [7, 11) is 0. The maximum absolute atomic E-state index is 12.1. The third-order valence-corrected chi connectivity index (χ3v) is 5.12. The summed E-state index contributed by atoms with van der Waals surface area (Å²) in [6.45, 7) is 8.71. The number of nitrogens with zero attached hydrogens (tertiary/aromatic N) is 4. The molecule has 1 N–H and O–H groups in total. The van der Waals surface area contributed by atoms with E-state index in [1.165, 1.54) is 22.8 Å². The number of rotatable bonds is 5. The van der Waals surface area contributed by atoms with Gasteiger partial charge >= 0.3 is 0 Å².